The molecule has 0 saturated carbocycles. The number of nitrogens with zero attached hydrogens (tertiary/aromatic N) is 1. The van der Waals surface area contributed by atoms with E-state index in [-0.39, 0.29) is 13.0 Å². The summed E-state index contributed by atoms with van der Waals surface area (Å²) in [6, 6.07) is 3.63. The maximum atomic E-state index is 12.6. The van der Waals surface area contributed by atoms with E-state index in [0.717, 1.165) is 16.2 Å². The summed E-state index contributed by atoms with van der Waals surface area (Å²) in [4.78, 5) is 4.44. The molecule has 0 aromatic carbocycles. The van der Waals surface area contributed by atoms with Crippen molar-refractivity contribution >= 4 is 15.9 Å². The third kappa shape index (κ3) is 2.81. The summed E-state index contributed by atoms with van der Waals surface area (Å²) in [6.07, 6.45) is -0.323. The van der Waals surface area contributed by atoms with Gasteiger partial charge in [-0.2, -0.15) is 13.2 Å². The number of halogens is 4. The van der Waals surface area contributed by atoms with Crippen LogP contribution in [-0.2, 0) is 5.41 Å². The number of pyridine rings is 1. The van der Waals surface area contributed by atoms with Gasteiger partial charge in [0.05, 0.1) is 17.0 Å². The maximum Gasteiger partial charge on any atom is 0.416 e. The summed E-state index contributed by atoms with van der Waals surface area (Å²) < 4.78 is 38.8. The van der Waals surface area contributed by atoms with E-state index >= 15 is 0 Å². The number of rotatable bonds is 2. The molecular formula is C14H14BrF3N2. The molecule has 1 atom stereocenters. The van der Waals surface area contributed by atoms with Crippen LogP contribution in [0, 0.1) is 6.92 Å². The molecule has 1 aromatic heterocycles. The Balaban J connectivity index is 2.37. The van der Waals surface area contributed by atoms with Gasteiger partial charge in [0.2, 0.25) is 0 Å². The fraction of sp³-hybridized carbons (Fsp3) is 0.357. The average molecular weight is 347 g/mol. The first-order valence-electron chi connectivity index (χ1n) is 6.09. The Kier molecular flexibility index (Phi) is 4.07. The van der Waals surface area contributed by atoms with Crippen molar-refractivity contribution in [3.05, 3.63) is 51.8 Å². The van der Waals surface area contributed by atoms with E-state index in [1.165, 1.54) is 12.2 Å². The fourth-order valence-electron chi connectivity index (χ4n) is 2.15. The van der Waals surface area contributed by atoms with Crippen LogP contribution in [0.5, 0.6) is 0 Å². The van der Waals surface area contributed by atoms with Gasteiger partial charge in [0.1, 0.15) is 0 Å². The van der Waals surface area contributed by atoms with Crippen molar-refractivity contribution in [2.45, 2.75) is 24.9 Å². The molecule has 108 valence electrons. The van der Waals surface area contributed by atoms with E-state index in [0.29, 0.717) is 5.69 Å². The highest BCUT2D eigenvalue weighted by atomic mass is 79.9. The largest absolute Gasteiger partial charge is 0.416 e. The summed E-state index contributed by atoms with van der Waals surface area (Å²) in [5, 5.41) is 0. The summed E-state index contributed by atoms with van der Waals surface area (Å²) in [5.41, 5.74) is 5.98. The van der Waals surface area contributed by atoms with Crippen LogP contribution in [0.3, 0.4) is 0 Å². The first-order valence-corrected chi connectivity index (χ1v) is 6.88. The zero-order valence-corrected chi connectivity index (χ0v) is 12.4. The first-order chi connectivity index (χ1) is 9.28. The fourth-order valence-corrected chi connectivity index (χ4v) is 2.38. The van der Waals surface area contributed by atoms with Gasteiger partial charge >= 0.3 is 6.18 Å². The molecule has 20 heavy (non-hydrogen) atoms. The molecule has 1 aromatic rings. The predicted molar refractivity (Wildman–Crippen MR) is 75.3 cm³/mol. The molecular weight excluding hydrogens is 333 g/mol. The van der Waals surface area contributed by atoms with Crippen molar-refractivity contribution in [1.29, 1.82) is 0 Å². The summed E-state index contributed by atoms with van der Waals surface area (Å²) in [5.74, 6) is 0. The van der Waals surface area contributed by atoms with Crippen LogP contribution in [0.4, 0.5) is 13.2 Å². The number of nitrogens with two attached hydrogens (primary N) is 1. The summed E-state index contributed by atoms with van der Waals surface area (Å²) >= 11 is 3.36. The number of aryl methyl sites for hydroxylation is 1. The van der Waals surface area contributed by atoms with E-state index in [9.17, 15) is 13.2 Å². The molecule has 2 rings (SSSR count). The van der Waals surface area contributed by atoms with Gasteiger partial charge in [-0.3, -0.25) is 4.98 Å². The molecule has 0 spiro atoms. The Morgan fingerprint density at radius 2 is 2.10 bits per heavy atom. The molecule has 0 fully saturated rings. The van der Waals surface area contributed by atoms with Crippen LogP contribution < -0.4 is 5.73 Å². The molecule has 0 radical (unpaired) electrons. The number of allylic oxidation sites excluding steroid dienone is 3. The zero-order valence-electron chi connectivity index (χ0n) is 10.8. The lowest BCUT2D eigenvalue weighted by Crippen LogP contribution is -2.35. The normalized spacial score (nSPS) is 22.8. The van der Waals surface area contributed by atoms with Crippen LogP contribution in [0.25, 0.3) is 0 Å². The quantitative estimate of drug-likeness (QED) is 0.884. The highest BCUT2D eigenvalue weighted by molar-refractivity contribution is 9.10. The molecule has 2 N–H and O–H groups in total. The molecule has 0 aliphatic heterocycles. The van der Waals surface area contributed by atoms with Crippen molar-refractivity contribution in [3.63, 3.8) is 0 Å². The Hall–Kier alpha value is -1.14. The molecule has 0 amide bonds. The number of alkyl halides is 3. The van der Waals surface area contributed by atoms with Crippen molar-refractivity contribution in [2.24, 2.45) is 5.73 Å². The molecule has 0 saturated heterocycles. The summed E-state index contributed by atoms with van der Waals surface area (Å²) in [7, 11) is 0. The second kappa shape index (κ2) is 5.33. The second-order valence-electron chi connectivity index (χ2n) is 4.82. The first kappa shape index (κ1) is 15.3. The minimum Gasteiger partial charge on any atom is -0.329 e. The number of hydrogen-bond acceptors (Lipinski definition) is 2. The molecule has 1 heterocycles. The molecule has 2 nitrogen and oxygen atoms in total. The van der Waals surface area contributed by atoms with Gasteiger partial charge in [0.15, 0.2) is 0 Å². The van der Waals surface area contributed by atoms with Gasteiger partial charge in [0.25, 0.3) is 0 Å². The SMILES string of the molecule is Cc1nc(C2(CN)C=CC(C(F)(F)F)=CC2)ccc1Br. The molecule has 1 aliphatic rings. The maximum absolute atomic E-state index is 12.6. The average Bonchev–Trinajstić information content (AvgIpc) is 2.41. The molecule has 1 unspecified atom stereocenters. The van der Waals surface area contributed by atoms with Gasteiger partial charge < -0.3 is 5.73 Å². The van der Waals surface area contributed by atoms with Crippen molar-refractivity contribution in [3.8, 4) is 0 Å². The Morgan fingerprint density at radius 1 is 1.40 bits per heavy atom. The van der Waals surface area contributed by atoms with Gasteiger partial charge in [-0.1, -0.05) is 18.2 Å². The van der Waals surface area contributed by atoms with Crippen molar-refractivity contribution in [2.75, 3.05) is 6.54 Å². The standard InChI is InChI=1S/C14H14BrF3N2/c1-9-11(15)2-3-12(20-9)13(8-19)6-4-10(5-7-13)14(16,17)18/h2-6H,7-8,19H2,1H3. The van der Waals surface area contributed by atoms with E-state index in [4.69, 9.17) is 5.73 Å². The summed E-state index contributed by atoms with van der Waals surface area (Å²) in [6.45, 7) is 2.04. The molecule has 1 aliphatic carbocycles. The Bertz CT molecular complexity index is 578. The highest BCUT2D eigenvalue weighted by Gasteiger charge is 2.37. The van der Waals surface area contributed by atoms with Crippen molar-refractivity contribution < 1.29 is 13.2 Å². The number of hydrogen-bond donors (Lipinski definition) is 1. The Labute approximate surface area is 123 Å². The van der Waals surface area contributed by atoms with Gasteiger partial charge in [0, 0.05) is 16.4 Å². The van der Waals surface area contributed by atoms with Gasteiger partial charge in [-0.15, -0.1) is 0 Å². The molecule has 6 heteroatoms. The van der Waals surface area contributed by atoms with Gasteiger partial charge in [-0.05, 0) is 41.4 Å². The minimum absolute atomic E-state index is 0.197. The monoisotopic (exact) mass is 346 g/mol. The van der Waals surface area contributed by atoms with E-state index in [2.05, 4.69) is 20.9 Å². The number of aromatic nitrogens is 1. The van der Waals surface area contributed by atoms with Gasteiger partial charge in [-0.25, -0.2) is 0 Å². The minimum atomic E-state index is -4.32. The van der Waals surface area contributed by atoms with Crippen LogP contribution >= 0.6 is 15.9 Å². The van der Waals surface area contributed by atoms with E-state index < -0.39 is 17.2 Å². The third-order valence-electron chi connectivity index (χ3n) is 3.49. The third-order valence-corrected chi connectivity index (χ3v) is 4.33. The lowest BCUT2D eigenvalue weighted by atomic mass is 9.77. The molecule has 0 bridgehead atoms. The van der Waals surface area contributed by atoms with E-state index in [1.807, 2.05) is 13.0 Å². The van der Waals surface area contributed by atoms with Crippen LogP contribution in [0.2, 0.25) is 0 Å². The second-order valence-corrected chi connectivity index (χ2v) is 5.67. The highest BCUT2D eigenvalue weighted by Crippen LogP contribution is 2.37. The van der Waals surface area contributed by atoms with Crippen LogP contribution in [0.15, 0.2) is 40.4 Å². The predicted octanol–water partition coefficient (Wildman–Crippen LogP) is 3.80. The lowest BCUT2D eigenvalue weighted by Gasteiger charge is -2.31. The van der Waals surface area contributed by atoms with Crippen molar-refractivity contribution in [1.82, 2.24) is 4.98 Å². The topological polar surface area (TPSA) is 38.9 Å². The van der Waals surface area contributed by atoms with E-state index in [1.54, 1.807) is 6.07 Å². The lowest BCUT2D eigenvalue weighted by molar-refractivity contribution is -0.0887. The van der Waals surface area contributed by atoms with Crippen LogP contribution in [-0.4, -0.2) is 17.7 Å². The Morgan fingerprint density at radius 3 is 2.55 bits per heavy atom. The smallest absolute Gasteiger partial charge is 0.329 e. The zero-order chi connectivity index (χ0) is 15.0. The van der Waals surface area contributed by atoms with Crippen LogP contribution in [0.1, 0.15) is 17.8 Å².